The topological polar surface area (TPSA) is 210 Å². The van der Waals surface area contributed by atoms with E-state index in [0.29, 0.717) is 51.7 Å². The molecule has 15 heteroatoms. The molecule has 6 N–H and O–H groups in total. The van der Waals surface area contributed by atoms with Crippen LogP contribution in [0.5, 0.6) is 5.75 Å². The van der Waals surface area contributed by atoms with Crippen LogP contribution in [0.4, 0.5) is 5.69 Å². The molecule has 5 aliphatic rings. The van der Waals surface area contributed by atoms with Crippen LogP contribution in [0.15, 0.2) is 78.4 Å². The summed E-state index contributed by atoms with van der Waals surface area (Å²) in [4.78, 5) is 36.2. The van der Waals surface area contributed by atoms with Gasteiger partial charge in [-0.3, -0.25) is 14.8 Å². The van der Waals surface area contributed by atoms with Crippen LogP contribution in [0.2, 0.25) is 0 Å². The zero-order valence-corrected chi connectivity index (χ0v) is 27.1. The van der Waals surface area contributed by atoms with Crippen LogP contribution in [0.25, 0.3) is 11.0 Å². The van der Waals surface area contributed by atoms with Crippen molar-refractivity contribution >= 4 is 29.1 Å². The Balaban J connectivity index is 1.13. The van der Waals surface area contributed by atoms with Gasteiger partial charge in [0.1, 0.15) is 59.9 Å². The second-order valence-corrected chi connectivity index (χ2v) is 13.3. The van der Waals surface area contributed by atoms with Gasteiger partial charge in [0, 0.05) is 42.3 Å². The molecule has 0 saturated heterocycles. The summed E-state index contributed by atoms with van der Waals surface area (Å²) in [6.07, 6.45) is 2.49. The van der Waals surface area contributed by atoms with Crippen molar-refractivity contribution in [2.45, 2.75) is 69.0 Å². The van der Waals surface area contributed by atoms with Gasteiger partial charge in [-0.1, -0.05) is 0 Å². The maximum atomic E-state index is 13.2. The van der Waals surface area contributed by atoms with E-state index in [9.17, 15) is 35.4 Å². The van der Waals surface area contributed by atoms with E-state index in [-0.39, 0.29) is 11.8 Å². The number of aliphatic hydroxyl groups excluding tert-OH is 5. The van der Waals surface area contributed by atoms with E-state index in [0.717, 1.165) is 11.3 Å². The molecule has 0 fully saturated rings. The minimum atomic E-state index is -2.52. The normalized spacial score (nSPS) is 24.8. The Hall–Kier alpha value is -4.19. The highest BCUT2D eigenvalue weighted by molar-refractivity contribution is 5.96. The number of ether oxygens (including phenoxy) is 1. The van der Waals surface area contributed by atoms with Gasteiger partial charge < -0.3 is 49.6 Å². The molecule has 7 rings (SSSR count). The standard InChI is InChI=1S/C34H38N4O11/c1-17-8-24(40)20-9-19-10-27(33(2,3)48-30(19)29(31(20)47-17)37-12-18-4-6-36-22(18)13-37)49-46-15-26(42)34(45,32(44)25(41)14-39)16-38-23-5-7-35-21(23)11-28(38)43/h4-9,11,13,25-28,32,39,41-45H,10,12,14-16H2,1-3H3. The first-order valence-corrected chi connectivity index (χ1v) is 15.9. The fourth-order valence-electron chi connectivity index (χ4n) is 6.72. The van der Waals surface area contributed by atoms with Gasteiger partial charge in [-0.15, -0.1) is 0 Å². The Labute approximate surface area is 280 Å². The number of aliphatic imine (C=N–C) groups is 2. The largest absolute Gasteiger partial charge is 0.482 e. The van der Waals surface area contributed by atoms with Gasteiger partial charge in [0.05, 0.1) is 42.2 Å². The number of allylic oxidation sites excluding steroid dienone is 2. The maximum absolute atomic E-state index is 13.2. The third kappa shape index (κ3) is 5.71. The quantitative estimate of drug-likeness (QED) is 0.138. The molecule has 0 bridgehead atoms. The molecule has 6 unspecified atom stereocenters. The fraction of sp³-hybridized carbons (Fsp3) is 0.441. The zero-order valence-electron chi connectivity index (χ0n) is 27.1. The van der Waals surface area contributed by atoms with Crippen LogP contribution in [0, 0.1) is 6.92 Å². The number of nitrogens with zero attached hydrogens (tertiary/aromatic N) is 4. The van der Waals surface area contributed by atoms with Gasteiger partial charge in [0.25, 0.3) is 0 Å². The van der Waals surface area contributed by atoms with Gasteiger partial charge >= 0.3 is 0 Å². The van der Waals surface area contributed by atoms with Crippen LogP contribution in [0.1, 0.15) is 25.2 Å². The molecule has 0 radical (unpaired) electrons. The summed E-state index contributed by atoms with van der Waals surface area (Å²) in [5, 5.41) is 64.4. The van der Waals surface area contributed by atoms with Gasteiger partial charge in [0.15, 0.2) is 16.8 Å². The SMILES string of the molecule is Cc1cc(=O)c2cc3c(c(N4C=C5N=CC=C5C4)c2o1)OC(C)(C)C(OOCC(O)C(O)(CN1C2=CC=NC2=CC1O)C(O)C(O)CO)C3. The van der Waals surface area contributed by atoms with Gasteiger partial charge in [0.2, 0.25) is 0 Å². The smallest absolute Gasteiger partial charge is 0.193 e. The number of hydrogen-bond acceptors (Lipinski definition) is 15. The van der Waals surface area contributed by atoms with Gasteiger partial charge in [-0.05, 0) is 45.1 Å². The average Bonchev–Trinajstić information content (AvgIpc) is 3.83. The number of β-amino-alcohol motifs (C(OH)–C–C–N with tert-alkyl or cyclic N) is 1. The Kier molecular flexibility index (Phi) is 8.36. The predicted octanol–water partition coefficient (Wildman–Crippen LogP) is 0.0962. The van der Waals surface area contributed by atoms with Crippen molar-refractivity contribution in [1.82, 2.24) is 4.90 Å². The Morgan fingerprint density at radius 1 is 1.14 bits per heavy atom. The molecular formula is C34H38N4O11. The molecule has 1 aromatic heterocycles. The van der Waals surface area contributed by atoms with Crippen LogP contribution in [0.3, 0.4) is 0 Å². The van der Waals surface area contributed by atoms with Crippen LogP contribution in [-0.2, 0) is 16.2 Å². The summed E-state index contributed by atoms with van der Waals surface area (Å²) >= 11 is 0. The van der Waals surface area contributed by atoms with Crippen molar-refractivity contribution in [3.8, 4) is 5.75 Å². The minimum Gasteiger partial charge on any atom is -0.482 e. The van der Waals surface area contributed by atoms with E-state index in [1.807, 2.05) is 17.2 Å². The first-order chi connectivity index (χ1) is 23.3. The van der Waals surface area contributed by atoms with Crippen LogP contribution >= 0.6 is 0 Å². The lowest BCUT2D eigenvalue weighted by Crippen LogP contribution is -2.64. The highest BCUT2D eigenvalue weighted by Gasteiger charge is 2.50. The lowest BCUT2D eigenvalue weighted by molar-refractivity contribution is -0.363. The lowest BCUT2D eigenvalue weighted by atomic mass is 9.86. The molecule has 6 atom stereocenters. The average molecular weight is 679 g/mol. The van der Waals surface area contributed by atoms with E-state index >= 15 is 0 Å². The summed E-state index contributed by atoms with van der Waals surface area (Å²) in [6.45, 7) is 3.63. The molecule has 0 saturated carbocycles. The number of aryl methyl sites for hydroxylation is 1. The van der Waals surface area contributed by atoms with E-state index in [4.69, 9.17) is 18.9 Å². The summed E-state index contributed by atoms with van der Waals surface area (Å²) in [7, 11) is 0. The minimum absolute atomic E-state index is 0.220. The first-order valence-electron chi connectivity index (χ1n) is 15.9. The summed E-state index contributed by atoms with van der Waals surface area (Å²) in [5.74, 6) is 0.956. The second kappa shape index (κ2) is 12.3. The molecule has 0 spiro atoms. The monoisotopic (exact) mass is 678 g/mol. The molecule has 0 aliphatic carbocycles. The Morgan fingerprint density at radius 3 is 2.65 bits per heavy atom. The van der Waals surface area contributed by atoms with Crippen molar-refractivity contribution in [1.29, 1.82) is 0 Å². The molecule has 6 heterocycles. The molecule has 0 amide bonds. The number of hydrogen-bond donors (Lipinski definition) is 6. The first kappa shape index (κ1) is 33.3. The van der Waals surface area contributed by atoms with E-state index < -0.39 is 61.6 Å². The van der Waals surface area contributed by atoms with Gasteiger partial charge in [-0.25, -0.2) is 9.78 Å². The molecule has 15 nitrogen and oxygen atoms in total. The van der Waals surface area contributed by atoms with E-state index in [2.05, 4.69) is 9.98 Å². The number of fused-ring (bicyclic) bond motifs is 4. The maximum Gasteiger partial charge on any atom is 0.193 e. The summed E-state index contributed by atoms with van der Waals surface area (Å²) in [5.41, 5.74) is 0.562. The molecule has 260 valence electrons. The van der Waals surface area contributed by atoms with Crippen molar-refractivity contribution in [3.05, 3.63) is 80.8 Å². The Bertz CT molecular complexity index is 1930. The number of aliphatic hydroxyl groups is 6. The number of benzene rings is 1. The molecule has 5 aliphatic heterocycles. The second-order valence-electron chi connectivity index (χ2n) is 13.3. The summed E-state index contributed by atoms with van der Waals surface area (Å²) in [6, 6.07) is 3.13. The lowest BCUT2D eigenvalue weighted by Gasteiger charge is -2.43. The van der Waals surface area contributed by atoms with E-state index in [1.165, 1.54) is 23.3 Å². The number of rotatable bonds is 11. The van der Waals surface area contributed by atoms with Crippen LogP contribution < -0.4 is 15.1 Å². The van der Waals surface area contributed by atoms with E-state index in [1.54, 1.807) is 39.1 Å². The van der Waals surface area contributed by atoms with Gasteiger partial charge in [-0.2, -0.15) is 0 Å². The van der Waals surface area contributed by atoms with Crippen molar-refractivity contribution < 1.29 is 49.6 Å². The molecule has 2 aromatic rings. The fourth-order valence-corrected chi connectivity index (χ4v) is 6.72. The third-order valence-electron chi connectivity index (χ3n) is 9.54. The predicted molar refractivity (Wildman–Crippen MR) is 176 cm³/mol. The summed E-state index contributed by atoms with van der Waals surface area (Å²) < 4.78 is 12.7. The highest BCUT2D eigenvalue weighted by atomic mass is 17.2. The molecular weight excluding hydrogens is 640 g/mol. The Morgan fingerprint density at radius 2 is 1.90 bits per heavy atom. The highest BCUT2D eigenvalue weighted by Crippen LogP contribution is 2.47. The number of anilines is 1. The van der Waals surface area contributed by atoms with Crippen molar-refractivity contribution in [3.63, 3.8) is 0 Å². The zero-order chi connectivity index (χ0) is 34.8. The van der Waals surface area contributed by atoms with Crippen molar-refractivity contribution in [2.75, 3.05) is 31.2 Å². The molecule has 49 heavy (non-hydrogen) atoms. The third-order valence-corrected chi connectivity index (χ3v) is 9.54. The van der Waals surface area contributed by atoms with Crippen LogP contribution in [-0.4, -0.2) is 116 Å². The van der Waals surface area contributed by atoms with Crippen molar-refractivity contribution in [2.24, 2.45) is 9.98 Å². The molecule has 1 aromatic carbocycles.